The van der Waals surface area contributed by atoms with E-state index in [0.29, 0.717) is 36.4 Å². The van der Waals surface area contributed by atoms with Crippen LogP contribution in [0.15, 0.2) is 15.3 Å². The largest absolute Gasteiger partial charge is 0.507 e. The van der Waals surface area contributed by atoms with Crippen molar-refractivity contribution in [2.75, 3.05) is 33.2 Å². The minimum absolute atomic E-state index is 0.0756. The van der Waals surface area contributed by atoms with Gasteiger partial charge in [-0.2, -0.15) is 0 Å². The molecule has 2 heterocycles. The van der Waals surface area contributed by atoms with E-state index < -0.39 is 6.10 Å². The van der Waals surface area contributed by atoms with Gasteiger partial charge in [-0.1, -0.05) is 13.8 Å². The van der Waals surface area contributed by atoms with E-state index in [1.54, 1.807) is 6.92 Å². The van der Waals surface area contributed by atoms with E-state index in [4.69, 9.17) is 4.42 Å². The van der Waals surface area contributed by atoms with Crippen LogP contribution in [0.25, 0.3) is 11.0 Å². The van der Waals surface area contributed by atoms with Gasteiger partial charge in [0.2, 0.25) is 0 Å². The number of likely N-dealkylation sites (tertiary alicyclic amines) is 1. The molecule has 0 aliphatic carbocycles. The van der Waals surface area contributed by atoms with Crippen LogP contribution in [0.2, 0.25) is 0 Å². The zero-order valence-corrected chi connectivity index (χ0v) is 17.0. The number of fused-ring (bicyclic) bond motifs is 1. The Balaban J connectivity index is 2.30. The van der Waals surface area contributed by atoms with Gasteiger partial charge < -0.3 is 24.6 Å². The Morgan fingerprint density at radius 2 is 1.93 bits per heavy atom. The number of aromatic hydroxyl groups is 2. The lowest BCUT2D eigenvalue weighted by molar-refractivity contribution is 0.0629. The summed E-state index contributed by atoms with van der Waals surface area (Å²) in [5.74, 6) is -0.297. The second kappa shape index (κ2) is 8.11. The summed E-state index contributed by atoms with van der Waals surface area (Å²) in [5.41, 5.74) is 0.572. The van der Waals surface area contributed by atoms with Gasteiger partial charge in [0.05, 0.1) is 11.7 Å². The fraction of sp³-hybridized carbons (Fsp3) is 0.571. The van der Waals surface area contributed by atoms with Crippen LogP contribution in [0.1, 0.15) is 43.1 Å². The normalized spacial score (nSPS) is 20.9. The van der Waals surface area contributed by atoms with Gasteiger partial charge in [0.15, 0.2) is 5.43 Å². The number of phenols is 2. The van der Waals surface area contributed by atoms with E-state index in [9.17, 15) is 20.1 Å². The Labute approximate surface area is 164 Å². The average molecular weight is 390 g/mol. The smallest absolute Gasteiger partial charge is 0.196 e. The first kappa shape index (κ1) is 20.6. The third-order valence-corrected chi connectivity index (χ3v) is 5.81. The van der Waals surface area contributed by atoms with Crippen LogP contribution < -0.4 is 5.43 Å². The SMILES string of the molecule is CCN(CC)Cc1c(O)c([C@H]2CCN(C)C[C@H]2O)c2oc(C)cc(=O)c2c1O. The number of benzene rings is 1. The Kier molecular flexibility index (Phi) is 5.98. The lowest BCUT2D eigenvalue weighted by Gasteiger charge is -2.35. The fourth-order valence-electron chi connectivity index (χ4n) is 4.15. The van der Waals surface area contributed by atoms with Crippen molar-refractivity contribution in [1.29, 1.82) is 0 Å². The quantitative estimate of drug-likeness (QED) is 0.719. The van der Waals surface area contributed by atoms with E-state index in [1.165, 1.54) is 6.07 Å². The van der Waals surface area contributed by atoms with Gasteiger partial charge in [-0.3, -0.25) is 9.69 Å². The molecular formula is C21H30N2O5. The first-order valence-electron chi connectivity index (χ1n) is 9.88. The van der Waals surface area contributed by atoms with Crippen molar-refractivity contribution in [2.24, 2.45) is 0 Å². The van der Waals surface area contributed by atoms with Crippen LogP contribution in [0.3, 0.4) is 0 Å². The van der Waals surface area contributed by atoms with Crippen LogP contribution in [0.4, 0.5) is 0 Å². The molecule has 0 radical (unpaired) electrons. The third kappa shape index (κ3) is 3.62. The molecule has 1 aliphatic rings. The standard InChI is InChI=1S/C21H30N2O5/c1-5-23(6-2)10-14-19(26)17(13-7-8-22(4)11-16(13)25)21-18(20(14)27)15(24)9-12(3)28-21/h9,13,16,25-27H,5-8,10-11H2,1-4H3/t13-,16+/m0/s1. The van der Waals surface area contributed by atoms with E-state index in [2.05, 4.69) is 0 Å². The number of hydrogen-bond donors (Lipinski definition) is 3. The molecule has 0 spiro atoms. The monoisotopic (exact) mass is 390 g/mol. The lowest BCUT2D eigenvalue weighted by atomic mass is 9.84. The van der Waals surface area contributed by atoms with E-state index in [0.717, 1.165) is 19.6 Å². The minimum Gasteiger partial charge on any atom is -0.507 e. The van der Waals surface area contributed by atoms with Crippen molar-refractivity contribution in [2.45, 2.75) is 45.8 Å². The number of hydrogen-bond acceptors (Lipinski definition) is 7. The van der Waals surface area contributed by atoms with Crippen LogP contribution in [0.5, 0.6) is 11.5 Å². The summed E-state index contributed by atoms with van der Waals surface area (Å²) in [6, 6.07) is 1.34. The number of rotatable bonds is 5. The molecule has 0 saturated carbocycles. The molecule has 3 rings (SSSR count). The predicted molar refractivity (Wildman–Crippen MR) is 108 cm³/mol. The summed E-state index contributed by atoms with van der Waals surface area (Å²) in [7, 11) is 1.93. The Bertz CT molecular complexity index is 919. The molecule has 1 fully saturated rings. The van der Waals surface area contributed by atoms with Crippen LogP contribution in [0, 0.1) is 6.92 Å². The first-order chi connectivity index (χ1) is 13.3. The van der Waals surface area contributed by atoms with Crippen LogP contribution >= 0.6 is 0 Å². The summed E-state index contributed by atoms with van der Waals surface area (Å²) in [6.07, 6.45) is -0.0856. The number of likely N-dealkylation sites (N-methyl/N-ethyl adjacent to an activating group) is 1. The molecule has 0 bridgehead atoms. The number of phenolic OH excluding ortho intramolecular Hbond substituents is 2. The lowest BCUT2D eigenvalue weighted by Crippen LogP contribution is -2.40. The molecule has 154 valence electrons. The summed E-state index contributed by atoms with van der Waals surface area (Å²) in [4.78, 5) is 16.8. The van der Waals surface area contributed by atoms with Gasteiger partial charge in [-0.05, 0) is 40.0 Å². The number of aliphatic hydroxyl groups excluding tert-OH is 1. The molecule has 0 amide bonds. The predicted octanol–water partition coefficient (Wildman–Crippen LogP) is 2.13. The topological polar surface area (TPSA) is 97.4 Å². The summed E-state index contributed by atoms with van der Waals surface area (Å²) >= 11 is 0. The molecule has 7 heteroatoms. The van der Waals surface area contributed by atoms with Gasteiger partial charge in [0.25, 0.3) is 0 Å². The Morgan fingerprint density at radius 3 is 2.54 bits per heavy atom. The zero-order chi connectivity index (χ0) is 20.6. The molecule has 1 aliphatic heterocycles. The van der Waals surface area contributed by atoms with Gasteiger partial charge in [0.1, 0.15) is 28.2 Å². The summed E-state index contributed by atoms with van der Waals surface area (Å²) in [6.45, 7) is 8.66. The van der Waals surface area contributed by atoms with Crippen molar-refractivity contribution in [1.82, 2.24) is 9.80 Å². The maximum Gasteiger partial charge on any atom is 0.196 e. The molecule has 2 aromatic rings. The fourth-order valence-corrected chi connectivity index (χ4v) is 4.15. The molecular weight excluding hydrogens is 360 g/mol. The van der Waals surface area contributed by atoms with Crippen LogP contribution in [-0.4, -0.2) is 64.5 Å². The highest BCUT2D eigenvalue weighted by molar-refractivity contribution is 5.90. The number of nitrogens with zero attached hydrogens (tertiary/aromatic N) is 2. The number of aryl methyl sites for hydroxylation is 1. The zero-order valence-electron chi connectivity index (χ0n) is 17.0. The summed E-state index contributed by atoms with van der Waals surface area (Å²) in [5, 5.41) is 32.8. The van der Waals surface area contributed by atoms with Gasteiger partial charge >= 0.3 is 0 Å². The minimum atomic E-state index is -0.704. The van der Waals surface area contributed by atoms with Crippen molar-refractivity contribution in [3.63, 3.8) is 0 Å². The Morgan fingerprint density at radius 1 is 1.25 bits per heavy atom. The molecule has 1 aromatic heterocycles. The highest BCUT2D eigenvalue weighted by atomic mass is 16.3. The van der Waals surface area contributed by atoms with E-state index in [1.807, 2.05) is 30.7 Å². The van der Waals surface area contributed by atoms with Gasteiger partial charge in [0, 0.05) is 30.6 Å². The maximum absolute atomic E-state index is 12.7. The number of piperidine rings is 1. The van der Waals surface area contributed by atoms with Gasteiger partial charge in [-0.15, -0.1) is 0 Å². The second-order valence-corrected chi connectivity index (χ2v) is 7.70. The van der Waals surface area contributed by atoms with E-state index >= 15 is 0 Å². The number of aliphatic hydroxyl groups is 1. The molecule has 7 nitrogen and oxygen atoms in total. The number of β-amino-alcohol motifs (C(OH)–C–C–N with tert-alkyl or cyclic N) is 1. The first-order valence-corrected chi connectivity index (χ1v) is 9.88. The molecule has 1 aromatic carbocycles. The molecule has 1 saturated heterocycles. The molecule has 3 N–H and O–H groups in total. The third-order valence-electron chi connectivity index (χ3n) is 5.81. The van der Waals surface area contributed by atoms with Crippen molar-refractivity contribution in [3.8, 4) is 11.5 Å². The highest BCUT2D eigenvalue weighted by Crippen LogP contribution is 2.45. The van der Waals surface area contributed by atoms with E-state index in [-0.39, 0.29) is 33.8 Å². The van der Waals surface area contributed by atoms with Crippen LogP contribution in [-0.2, 0) is 6.54 Å². The molecule has 28 heavy (non-hydrogen) atoms. The van der Waals surface area contributed by atoms with Crippen molar-refractivity contribution >= 4 is 11.0 Å². The summed E-state index contributed by atoms with van der Waals surface area (Å²) < 4.78 is 5.82. The molecule has 0 unspecified atom stereocenters. The average Bonchev–Trinajstić information content (AvgIpc) is 2.63. The Hall–Kier alpha value is -2.09. The maximum atomic E-state index is 12.7. The second-order valence-electron chi connectivity index (χ2n) is 7.70. The molecule has 2 atom stereocenters. The highest BCUT2D eigenvalue weighted by Gasteiger charge is 2.34. The van der Waals surface area contributed by atoms with Crippen molar-refractivity contribution in [3.05, 3.63) is 33.2 Å². The van der Waals surface area contributed by atoms with Crippen molar-refractivity contribution < 1.29 is 19.7 Å². The van der Waals surface area contributed by atoms with Gasteiger partial charge in [-0.25, -0.2) is 0 Å².